The summed E-state index contributed by atoms with van der Waals surface area (Å²) in [5.74, 6) is 1.07. The van der Waals surface area contributed by atoms with E-state index in [0.717, 1.165) is 50.9 Å². The van der Waals surface area contributed by atoms with Gasteiger partial charge in [-0.05, 0) is 85.6 Å². The van der Waals surface area contributed by atoms with E-state index in [-0.39, 0.29) is 0 Å². The Hall–Kier alpha value is -6.19. The van der Waals surface area contributed by atoms with Crippen molar-refractivity contribution in [3.63, 3.8) is 0 Å². The fourth-order valence-corrected chi connectivity index (χ4v) is 7.89. The molecule has 0 saturated heterocycles. The molecule has 0 N–H and O–H groups in total. The van der Waals surface area contributed by atoms with Gasteiger partial charge in [0.25, 0.3) is 0 Å². The minimum Gasteiger partial charge on any atom is -0.456 e. The van der Waals surface area contributed by atoms with Crippen LogP contribution in [-0.4, -0.2) is 9.55 Å². The van der Waals surface area contributed by atoms with E-state index >= 15 is 0 Å². The summed E-state index contributed by atoms with van der Waals surface area (Å²) < 4.78 is 8.55. The number of aryl methyl sites for hydroxylation is 1. The highest BCUT2D eigenvalue weighted by atomic mass is 16.3. The van der Waals surface area contributed by atoms with Crippen LogP contribution in [0.3, 0.4) is 0 Å². The molecule has 226 valence electrons. The molecule has 10 rings (SSSR count). The number of furan rings is 1. The van der Waals surface area contributed by atoms with Gasteiger partial charge in [0.05, 0.1) is 16.7 Å². The van der Waals surface area contributed by atoms with Crippen molar-refractivity contribution in [3.05, 3.63) is 157 Å². The van der Waals surface area contributed by atoms with Gasteiger partial charge >= 0.3 is 0 Å². The number of rotatable bonds is 4. The number of imidazole rings is 1. The Morgan fingerprint density at radius 3 is 1.81 bits per heavy atom. The van der Waals surface area contributed by atoms with Crippen molar-refractivity contribution in [2.24, 2.45) is 0 Å². The van der Waals surface area contributed by atoms with Gasteiger partial charge in [0, 0.05) is 22.6 Å². The molecule has 2 aromatic heterocycles. The van der Waals surface area contributed by atoms with Crippen molar-refractivity contribution in [1.29, 1.82) is 0 Å². The van der Waals surface area contributed by atoms with Gasteiger partial charge in [-0.3, -0.25) is 4.57 Å². The summed E-state index contributed by atoms with van der Waals surface area (Å²) in [6.45, 7) is 2.18. The quantitative estimate of drug-likeness (QED) is 0.185. The lowest BCUT2D eigenvalue weighted by atomic mass is 9.84. The molecule has 0 unspecified atom stereocenters. The van der Waals surface area contributed by atoms with Crippen LogP contribution in [0.5, 0.6) is 0 Å². The zero-order valence-corrected chi connectivity index (χ0v) is 26.4. The molecular formula is C45H30N2O. The van der Waals surface area contributed by atoms with Crippen LogP contribution < -0.4 is 0 Å². The second kappa shape index (κ2) is 10.4. The zero-order chi connectivity index (χ0) is 31.8. The predicted molar refractivity (Wildman–Crippen MR) is 201 cm³/mol. The largest absolute Gasteiger partial charge is 0.456 e. The van der Waals surface area contributed by atoms with Crippen molar-refractivity contribution in [2.75, 3.05) is 0 Å². The monoisotopic (exact) mass is 614 g/mol. The first-order valence-corrected chi connectivity index (χ1v) is 16.6. The van der Waals surface area contributed by atoms with Gasteiger partial charge < -0.3 is 4.42 Å². The molecule has 2 heterocycles. The lowest BCUT2D eigenvalue weighted by Crippen LogP contribution is -2.01. The molecule has 10 aromatic rings. The van der Waals surface area contributed by atoms with Gasteiger partial charge in [-0.1, -0.05) is 122 Å². The third-order valence-corrected chi connectivity index (χ3v) is 9.95. The lowest BCUT2D eigenvalue weighted by molar-refractivity contribution is 0.669. The molecule has 0 aliphatic carbocycles. The van der Waals surface area contributed by atoms with Crippen LogP contribution in [0.1, 0.15) is 12.7 Å². The molecule has 3 nitrogen and oxygen atoms in total. The Morgan fingerprint density at radius 2 is 1.08 bits per heavy atom. The summed E-state index contributed by atoms with van der Waals surface area (Å²) >= 11 is 0. The molecule has 48 heavy (non-hydrogen) atoms. The highest BCUT2D eigenvalue weighted by Gasteiger charge is 2.21. The van der Waals surface area contributed by atoms with E-state index in [0.29, 0.717) is 0 Å². The van der Waals surface area contributed by atoms with Gasteiger partial charge in [0.15, 0.2) is 0 Å². The summed E-state index contributed by atoms with van der Waals surface area (Å²) in [6, 6.07) is 54.6. The zero-order valence-electron chi connectivity index (χ0n) is 26.4. The summed E-state index contributed by atoms with van der Waals surface area (Å²) in [6.07, 6.45) is 0.849. The summed E-state index contributed by atoms with van der Waals surface area (Å²) in [5.41, 5.74) is 10.1. The first-order valence-electron chi connectivity index (χ1n) is 16.6. The van der Waals surface area contributed by atoms with E-state index < -0.39 is 0 Å². The highest BCUT2D eigenvalue weighted by Crippen LogP contribution is 2.47. The molecule has 0 aliphatic rings. The molecule has 0 atom stereocenters. The van der Waals surface area contributed by atoms with Gasteiger partial charge in [-0.25, -0.2) is 4.98 Å². The summed E-state index contributed by atoms with van der Waals surface area (Å²) in [7, 11) is 0. The third kappa shape index (κ3) is 3.85. The number of benzene rings is 8. The Bertz CT molecular complexity index is 2830. The highest BCUT2D eigenvalue weighted by molar-refractivity contribution is 6.24. The van der Waals surface area contributed by atoms with Crippen LogP contribution in [-0.2, 0) is 6.42 Å². The average Bonchev–Trinajstić information content (AvgIpc) is 3.71. The van der Waals surface area contributed by atoms with Crippen molar-refractivity contribution in [1.82, 2.24) is 9.55 Å². The molecule has 8 aromatic carbocycles. The number of hydrogen-bond acceptors (Lipinski definition) is 2. The molecule has 0 amide bonds. The minimum absolute atomic E-state index is 0.849. The maximum atomic E-state index is 6.21. The minimum atomic E-state index is 0.849. The van der Waals surface area contributed by atoms with Gasteiger partial charge in [0.1, 0.15) is 17.0 Å². The normalized spacial score (nSPS) is 11.9. The molecule has 0 aliphatic heterocycles. The van der Waals surface area contributed by atoms with E-state index in [4.69, 9.17) is 9.40 Å². The van der Waals surface area contributed by atoms with Crippen molar-refractivity contribution in [2.45, 2.75) is 13.3 Å². The van der Waals surface area contributed by atoms with Crippen molar-refractivity contribution >= 4 is 65.3 Å². The van der Waals surface area contributed by atoms with Crippen LogP contribution >= 0.6 is 0 Å². The van der Waals surface area contributed by atoms with Crippen LogP contribution in [0.4, 0.5) is 0 Å². The van der Waals surface area contributed by atoms with E-state index in [1.807, 2.05) is 12.1 Å². The predicted octanol–water partition coefficient (Wildman–Crippen LogP) is 12.3. The van der Waals surface area contributed by atoms with E-state index in [2.05, 4.69) is 151 Å². The Balaban J connectivity index is 1.28. The van der Waals surface area contributed by atoms with E-state index in [1.165, 1.54) is 54.6 Å². The van der Waals surface area contributed by atoms with Crippen molar-refractivity contribution < 1.29 is 4.42 Å². The Labute approximate surface area is 277 Å². The fourth-order valence-electron chi connectivity index (χ4n) is 7.89. The van der Waals surface area contributed by atoms with E-state index in [1.54, 1.807) is 0 Å². The van der Waals surface area contributed by atoms with Crippen LogP contribution in [0.2, 0.25) is 0 Å². The van der Waals surface area contributed by atoms with E-state index in [9.17, 15) is 0 Å². The molecule has 3 heteroatoms. The number of nitrogens with zero attached hydrogens (tertiary/aromatic N) is 2. The average molecular weight is 615 g/mol. The lowest BCUT2D eigenvalue weighted by Gasteiger charge is -2.20. The Morgan fingerprint density at radius 1 is 0.500 bits per heavy atom. The molecule has 0 radical (unpaired) electrons. The molecule has 0 bridgehead atoms. The molecule has 0 fully saturated rings. The maximum absolute atomic E-state index is 6.21. The topological polar surface area (TPSA) is 31.0 Å². The van der Waals surface area contributed by atoms with Crippen molar-refractivity contribution in [3.8, 4) is 27.9 Å². The summed E-state index contributed by atoms with van der Waals surface area (Å²) in [5, 5.41) is 9.67. The first kappa shape index (κ1) is 27.0. The van der Waals surface area contributed by atoms with Gasteiger partial charge in [-0.2, -0.15) is 0 Å². The second-order valence-corrected chi connectivity index (χ2v) is 12.5. The number of aromatic nitrogens is 2. The van der Waals surface area contributed by atoms with Gasteiger partial charge in [0.2, 0.25) is 0 Å². The first-order chi connectivity index (χ1) is 23.8. The number of para-hydroxylation sites is 3. The third-order valence-electron chi connectivity index (χ3n) is 9.95. The maximum Gasteiger partial charge on any atom is 0.135 e. The second-order valence-electron chi connectivity index (χ2n) is 12.5. The van der Waals surface area contributed by atoms with Crippen LogP contribution in [0.15, 0.2) is 156 Å². The number of hydrogen-bond donors (Lipinski definition) is 0. The fraction of sp³-hybridized carbons (Fsp3) is 0.0444. The standard InChI is InChI=1S/C45H30N2O/c1-2-43-46-38-20-10-11-21-40(38)47(43)39-25-24-36(29-13-3-4-14-30(29)39)45-34-18-7-5-16-32(34)44(33-17-6-8-19-35(33)45)28-23-26-42-37(27-28)31-15-9-12-22-41(31)48-42/h3-27H,2H2,1H3. The molecule has 0 spiro atoms. The molecular weight excluding hydrogens is 585 g/mol. The Kier molecular flexibility index (Phi) is 5.85. The molecule has 0 saturated carbocycles. The smallest absolute Gasteiger partial charge is 0.135 e. The van der Waals surface area contributed by atoms with Crippen LogP contribution in [0.25, 0.3) is 93.2 Å². The SMILES string of the molecule is CCc1nc2ccccc2n1-c1ccc(-c2c3ccccc3c(-c3ccc4oc5ccccc5c4c3)c3ccccc23)c2ccccc12. The van der Waals surface area contributed by atoms with Crippen LogP contribution in [0, 0.1) is 0 Å². The van der Waals surface area contributed by atoms with Gasteiger partial charge in [-0.15, -0.1) is 0 Å². The number of fused-ring (bicyclic) bond motifs is 7. The summed E-state index contributed by atoms with van der Waals surface area (Å²) in [4.78, 5) is 5.00.